The molecule has 13 heavy (non-hydrogen) atoms. The Balaban J connectivity index is 3.15. The van der Waals surface area contributed by atoms with E-state index < -0.39 is 5.97 Å². The number of hydrogen-bond acceptors (Lipinski definition) is 5. The van der Waals surface area contributed by atoms with Crippen LogP contribution in [-0.4, -0.2) is 30.2 Å². The van der Waals surface area contributed by atoms with E-state index in [1.165, 1.54) is 20.4 Å². The maximum Gasteiger partial charge on any atom is 0.360 e. The highest BCUT2D eigenvalue weighted by atomic mass is 16.5. The van der Waals surface area contributed by atoms with E-state index in [0.29, 0.717) is 11.6 Å². The summed E-state index contributed by atoms with van der Waals surface area (Å²) in [5.41, 5.74) is 0.150. The Morgan fingerprint density at radius 1 is 1.46 bits per heavy atom. The van der Waals surface area contributed by atoms with Crippen molar-refractivity contribution in [2.24, 2.45) is 0 Å². The number of carbonyl (C=O) groups excluding carboxylic acids is 1. The summed E-state index contributed by atoms with van der Waals surface area (Å²) >= 11 is 0. The van der Waals surface area contributed by atoms with Gasteiger partial charge >= 0.3 is 5.97 Å². The number of nitrogens with zero attached hydrogens (tertiary/aromatic N) is 2. The summed E-state index contributed by atoms with van der Waals surface area (Å²) in [5.74, 6) is 0.293. The van der Waals surface area contributed by atoms with Crippen molar-refractivity contribution in [3.05, 3.63) is 17.7 Å². The van der Waals surface area contributed by atoms with E-state index in [1.54, 1.807) is 6.92 Å². The number of hydrogen-bond donors (Lipinski definition) is 0. The van der Waals surface area contributed by atoms with Crippen LogP contribution in [0.2, 0.25) is 0 Å². The average Bonchev–Trinajstić information content (AvgIpc) is 2.16. The number of ether oxygens (including phenoxy) is 2. The Bertz CT molecular complexity index is 325. The zero-order chi connectivity index (χ0) is 9.84. The maximum atomic E-state index is 11.2. The molecule has 0 unspecified atom stereocenters. The first kappa shape index (κ1) is 9.44. The molecular formula is C8H10N2O3. The molecule has 0 spiro atoms. The Morgan fingerprint density at radius 3 is 2.69 bits per heavy atom. The van der Waals surface area contributed by atoms with Crippen LogP contribution in [0.3, 0.4) is 0 Å². The van der Waals surface area contributed by atoms with Gasteiger partial charge in [-0.3, -0.25) is 0 Å². The van der Waals surface area contributed by atoms with Crippen LogP contribution < -0.4 is 4.74 Å². The van der Waals surface area contributed by atoms with Crippen LogP contribution in [0.25, 0.3) is 0 Å². The van der Waals surface area contributed by atoms with Crippen molar-refractivity contribution in [2.45, 2.75) is 6.92 Å². The number of aromatic nitrogens is 2. The Kier molecular flexibility index (Phi) is 2.79. The number of methoxy groups -OCH3 is 2. The fraction of sp³-hybridized carbons (Fsp3) is 0.375. The number of carbonyl (C=O) groups is 1. The molecule has 0 aliphatic heterocycles. The maximum absolute atomic E-state index is 11.2. The number of rotatable bonds is 2. The Morgan fingerprint density at radius 2 is 2.15 bits per heavy atom. The zero-order valence-corrected chi connectivity index (χ0v) is 7.70. The van der Waals surface area contributed by atoms with Crippen LogP contribution in [0.15, 0.2) is 6.20 Å². The van der Waals surface area contributed by atoms with Crippen molar-refractivity contribution in [1.29, 1.82) is 0 Å². The summed E-state index contributed by atoms with van der Waals surface area (Å²) in [4.78, 5) is 18.9. The van der Waals surface area contributed by atoms with Crippen LogP contribution in [0, 0.1) is 6.92 Å². The molecule has 0 fully saturated rings. The molecule has 5 nitrogen and oxygen atoms in total. The molecule has 0 aliphatic rings. The quantitative estimate of drug-likeness (QED) is 0.626. The van der Waals surface area contributed by atoms with Gasteiger partial charge in [0.1, 0.15) is 5.82 Å². The fourth-order valence-electron chi connectivity index (χ4n) is 0.851. The molecule has 0 N–H and O–H groups in total. The summed E-state index contributed by atoms with van der Waals surface area (Å²) in [6.45, 7) is 1.69. The van der Waals surface area contributed by atoms with E-state index in [9.17, 15) is 4.79 Å². The second kappa shape index (κ2) is 3.84. The van der Waals surface area contributed by atoms with Gasteiger partial charge in [-0.1, -0.05) is 0 Å². The van der Waals surface area contributed by atoms with Crippen molar-refractivity contribution in [3.8, 4) is 5.75 Å². The van der Waals surface area contributed by atoms with Gasteiger partial charge in [0.15, 0.2) is 11.4 Å². The van der Waals surface area contributed by atoms with Gasteiger partial charge in [0.2, 0.25) is 0 Å². The van der Waals surface area contributed by atoms with Gasteiger partial charge in [-0.05, 0) is 6.92 Å². The molecule has 1 aromatic heterocycles. The second-order valence-corrected chi connectivity index (χ2v) is 2.33. The van der Waals surface area contributed by atoms with Crippen molar-refractivity contribution in [2.75, 3.05) is 14.2 Å². The summed E-state index contributed by atoms with van der Waals surface area (Å²) in [7, 11) is 2.74. The lowest BCUT2D eigenvalue weighted by atomic mass is 10.3. The summed E-state index contributed by atoms with van der Waals surface area (Å²) in [6, 6.07) is 0. The van der Waals surface area contributed by atoms with Gasteiger partial charge in [0.05, 0.1) is 20.4 Å². The molecular weight excluding hydrogens is 172 g/mol. The minimum Gasteiger partial charge on any atom is -0.493 e. The molecule has 0 atom stereocenters. The third kappa shape index (κ3) is 1.93. The average molecular weight is 182 g/mol. The first-order valence-corrected chi connectivity index (χ1v) is 3.65. The monoisotopic (exact) mass is 182 g/mol. The van der Waals surface area contributed by atoms with E-state index in [2.05, 4.69) is 14.7 Å². The lowest BCUT2D eigenvalue weighted by molar-refractivity contribution is 0.0589. The first-order valence-electron chi connectivity index (χ1n) is 3.65. The molecule has 0 bridgehead atoms. The van der Waals surface area contributed by atoms with Crippen molar-refractivity contribution >= 4 is 5.97 Å². The smallest absolute Gasteiger partial charge is 0.360 e. The number of aryl methyl sites for hydroxylation is 1. The first-order chi connectivity index (χ1) is 6.19. The molecule has 0 saturated heterocycles. The highest BCUT2D eigenvalue weighted by molar-refractivity contribution is 5.89. The largest absolute Gasteiger partial charge is 0.493 e. The van der Waals surface area contributed by atoms with E-state index in [4.69, 9.17) is 4.74 Å². The van der Waals surface area contributed by atoms with E-state index in [-0.39, 0.29) is 5.69 Å². The highest BCUT2D eigenvalue weighted by Gasteiger charge is 2.14. The molecule has 1 aromatic rings. The lowest BCUT2D eigenvalue weighted by Gasteiger charge is -2.04. The van der Waals surface area contributed by atoms with Gasteiger partial charge in [-0.25, -0.2) is 14.8 Å². The number of esters is 1. The minimum absolute atomic E-state index is 0.150. The standard InChI is InChI=1S/C8H10N2O3/c1-5-9-4-6(12-2)7(10-5)8(11)13-3/h4H,1-3H3. The molecule has 0 aliphatic carbocycles. The van der Waals surface area contributed by atoms with Gasteiger partial charge < -0.3 is 9.47 Å². The minimum atomic E-state index is -0.526. The van der Waals surface area contributed by atoms with Crippen molar-refractivity contribution in [1.82, 2.24) is 9.97 Å². The molecule has 1 rings (SSSR count). The molecule has 0 aromatic carbocycles. The van der Waals surface area contributed by atoms with Crippen molar-refractivity contribution in [3.63, 3.8) is 0 Å². The second-order valence-electron chi connectivity index (χ2n) is 2.33. The van der Waals surface area contributed by atoms with Crippen molar-refractivity contribution < 1.29 is 14.3 Å². The molecule has 0 radical (unpaired) electrons. The van der Waals surface area contributed by atoms with Crippen LogP contribution in [0.1, 0.15) is 16.3 Å². The summed E-state index contributed by atoms with van der Waals surface area (Å²) < 4.78 is 9.42. The third-order valence-corrected chi connectivity index (χ3v) is 1.47. The highest BCUT2D eigenvalue weighted by Crippen LogP contribution is 2.14. The van der Waals surface area contributed by atoms with Gasteiger partial charge in [0.25, 0.3) is 0 Å². The topological polar surface area (TPSA) is 61.3 Å². The van der Waals surface area contributed by atoms with Gasteiger partial charge in [0, 0.05) is 0 Å². The molecule has 5 heteroatoms. The molecule has 70 valence electrons. The van der Waals surface area contributed by atoms with Crippen LogP contribution in [0.4, 0.5) is 0 Å². The summed E-state index contributed by atoms with van der Waals surface area (Å²) in [5, 5.41) is 0. The van der Waals surface area contributed by atoms with Crippen LogP contribution >= 0.6 is 0 Å². The van der Waals surface area contributed by atoms with Gasteiger partial charge in [-0.15, -0.1) is 0 Å². The molecule has 0 saturated carbocycles. The summed E-state index contributed by atoms with van der Waals surface area (Å²) in [6.07, 6.45) is 1.44. The predicted molar refractivity (Wildman–Crippen MR) is 44.7 cm³/mol. The van der Waals surface area contributed by atoms with E-state index in [0.717, 1.165) is 0 Å². The van der Waals surface area contributed by atoms with Gasteiger partial charge in [-0.2, -0.15) is 0 Å². The third-order valence-electron chi connectivity index (χ3n) is 1.47. The predicted octanol–water partition coefficient (Wildman–Crippen LogP) is 0.580. The van der Waals surface area contributed by atoms with E-state index >= 15 is 0 Å². The Labute approximate surface area is 75.7 Å². The van der Waals surface area contributed by atoms with Crippen LogP contribution in [-0.2, 0) is 4.74 Å². The molecule has 0 amide bonds. The molecule has 1 heterocycles. The van der Waals surface area contributed by atoms with Crippen LogP contribution in [0.5, 0.6) is 5.75 Å². The Hall–Kier alpha value is -1.65. The zero-order valence-electron chi connectivity index (χ0n) is 7.70. The van der Waals surface area contributed by atoms with E-state index in [1.807, 2.05) is 0 Å². The SMILES string of the molecule is COC(=O)c1nc(C)ncc1OC. The lowest BCUT2D eigenvalue weighted by Crippen LogP contribution is -2.08. The fourth-order valence-corrected chi connectivity index (χ4v) is 0.851. The normalized spacial score (nSPS) is 9.46.